The molecule has 0 bridgehead atoms. The van der Waals surface area contributed by atoms with Crippen molar-refractivity contribution in [3.05, 3.63) is 29.8 Å². The first-order valence-electron chi connectivity index (χ1n) is 7.38. The van der Waals surface area contributed by atoms with Crippen LogP contribution in [0, 0.1) is 0 Å². The van der Waals surface area contributed by atoms with E-state index in [1.807, 2.05) is 24.3 Å². The molecule has 0 radical (unpaired) electrons. The molecular weight excluding hydrogens is 302 g/mol. The molecule has 7 heteroatoms. The summed E-state index contributed by atoms with van der Waals surface area (Å²) in [5.41, 5.74) is 0.876. The lowest BCUT2D eigenvalue weighted by atomic mass is 10.2. The number of carbonyl (C=O) groups is 2. The summed E-state index contributed by atoms with van der Waals surface area (Å²) in [4.78, 5) is 24.9. The van der Waals surface area contributed by atoms with Crippen molar-refractivity contribution in [3.63, 3.8) is 0 Å². The average molecular weight is 323 g/mol. The van der Waals surface area contributed by atoms with Crippen LogP contribution in [0.5, 0.6) is 5.75 Å². The number of carboxylic acids is 1. The number of benzene rings is 1. The van der Waals surface area contributed by atoms with Crippen molar-refractivity contribution >= 4 is 11.9 Å². The SMILES string of the molecule is COc1cccc(CO[C@H](C)C(=O)N2CCOC[C@@H]2C(=O)O)c1. The fourth-order valence-electron chi connectivity index (χ4n) is 2.36. The highest BCUT2D eigenvalue weighted by molar-refractivity contribution is 5.86. The fraction of sp³-hybridized carbons (Fsp3) is 0.500. The Labute approximate surface area is 134 Å². The summed E-state index contributed by atoms with van der Waals surface area (Å²) in [6, 6.07) is 6.40. The lowest BCUT2D eigenvalue weighted by Crippen LogP contribution is -2.55. The maximum atomic E-state index is 12.4. The topological polar surface area (TPSA) is 85.3 Å². The molecule has 0 spiro atoms. The van der Waals surface area contributed by atoms with Crippen molar-refractivity contribution in [1.82, 2.24) is 4.90 Å². The number of rotatable bonds is 6. The molecule has 2 rings (SSSR count). The molecule has 1 saturated heterocycles. The van der Waals surface area contributed by atoms with Crippen molar-refractivity contribution < 1.29 is 28.9 Å². The minimum atomic E-state index is -1.07. The number of morpholine rings is 1. The Morgan fingerprint density at radius 3 is 2.96 bits per heavy atom. The third-order valence-electron chi connectivity index (χ3n) is 3.68. The second kappa shape index (κ2) is 7.94. The quantitative estimate of drug-likeness (QED) is 0.838. The van der Waals surface area contributed by atoms with Gasteiger partial charge in [-0.3, -0.25) is 4.79 Å². The van der Waals surface area contributed by atoms with Gasteiger partial charge in [-0.2, -0.15) is 0 Å². The van der Waals surface area contributed by atoms with Gasteiger partial charge < -0.3 is 24.2 Å². The molecule has 1 aliphatic heterocycles. The van der Waals surface area contributed by atoms with Gasteiger partial charge >= 0.3 is 5.97 Å². The molecule has 1 aliphatic rings. The van der Waals surface area contributed by atoms with Crippen LogP contribution >= 0.6 is 0 Å². The van der Waals surface area contributed by atoms with E-state index in [1.165, 1.54) is 4.90 Å². The third-order valence-corrected chi connectivity index (χ3v) is 3.68. The van der Waals surface area contributed by atoms with Crippen LogP contribution in [0.25, 0.3) is 0 Å². The van der Waals surface area contributed by atoms with E-state index in [2.05, 4.69) is 0 Å². The summed E-state index contributed by atoms with van der Waals surface area (Å²) in [6.45, 7) is 2.45. The minimum absolute atomic E-state index is 0.00365. The van der Waals surface area contributed by atoms with Gasteiger partial charge in [0.15, 0.2) is 6.04 Å². The molecule has 1 amide bonds. The predicted octanol–water partition coefficient (Wildman–Crippen LogP) is 0.912. The van der Waals surface area contributed by atoms with E-state index >= 15 is 0 Å². The van der Waals surface area contributed by atoms with Crippen molar-refractivity contribution in [2.75, 3.05) is 26.9 Å². The van der Waals surface area contributed by atoms with Crippen molar-refractivity contribution in [1.29, 1.82) is 0 Å². The zero-order chi connectivity index (χ0) is 16.8. The molecule has 126 valence electrons. The van der Waals surface area contributed by atoms with Crippen LogP contribution in [0.15, 0.2) is 24.3 Å². The molecule has 1 fully saturated rings. The number of aliphatic carboxylic acids is 1. The van der Waals surface area contributed by atoms with Gasteiger partial charge in [0.1, 0.15) is 11.9 Å². The van der Waals surface area contributed by atoms with Gasteiger partial charge in [-0.15, -0.1) is 0 Å². The summed E-state index contributed by atoms with van der Waals surface area (Å²) in [6.07, 6.45) is -0.735. The summed E-state index contributed by atoms with van der Waals surface area (Å²) in [5.74, 6) is -0.703. The highest BCUT2D eigenvalue weighted by Gasteiger charge is 2.35. The Morgan fingerprint density at radius 2 is 2.26 bits per heavy atom. The number of methoxy groups -OCH3 is 1. The minimum Gasteiger partial charge on any atom is -0.497 e. The Kier molecular flexibility index (Phi) is 5.95. The average Bonchev–Trinajstić information content (AvgIpc) is 2.59. The lowest BCUT2D eigenvalue weighted by molar-refractivity contribution is -0.164. The Morgan fingerprint density at radius 1 is 1.48 bits per heavy atom. The number of ether oxygens (including phenoxy) is 3. The van der Waals surface area contributed by atoms with Crippen LogP contribution in [-0.2, 0) is 25.7 Å². The van der Waals surface area contributed by atoms with E-state index in [0.717, 1.165) is 5.56 Å². The molecule has 23 heavy (non-hydrogen) atoms. The molecule has 1 aromatic carbocycles. The van der Waals surface area contributed by atoms with Crippen LogP contribution in [0.4, 0.5) is 0 Å². The van der Waals surface area contributed by atoms with E-state index in [9.17, 15) is 14.7 Å². The van der Waals surface area contributed by atoms with Crippen LogP contribution in [0.3, 0.4) is 0 Å². The summed E-state index contributed by atoms with van der Waals surface area (Å²) in [7, 11) is 1.58. The lowest BCUT2D eigenvalue weighted by Gasteiger charge is -2.34. The highest BCUT2D eigenvalue weighted by Crippen LogP contribution is 2.15. The predicted molar refractivity (Wildman–Crippen MR) is 81.2 cm³/mol. The molecule has 1 N–H and O–H groups in total. The Balaban J connectivity index is 1.94. The maximum absolute atomic E-state index is 12.4. The van der Waals surface area contributed by atoms with Crippen molar-refractivity contribution in [3.8, 4) is 5.75 Å². The summed E-state index contributed by atoms with van der Waals surface area (Å²) in [5, 5.41) is 9.18. The third kappa shape index (κ3) is 4.43. The number of carbonyl (C=O) groups excluding carboxylic acids is 1. The standard InChI is InChI=1S/C16H21NO6/c1-11(23-9-12-4-3-5-13(8-12)21-2)15(18)17-6-7-22-10-14(17)16(19)20/h3-5,8,11,14H,6-7,9-10H2,1-2H3,(H,19,20)/t11-,14-/m1/s1. The van der Waals surface area contributed by atoms with Crippen LogP contribution in [0.1, 0.15) is 12.5 Å². The van der Waals surface area contributed by atoms with E-state index in [1.54, 1.807) is 14.0 Å². The maximum Gasteiger partial charge on any atom is 0.328 e. The molecule has 0 aromatic heterocycles. The van der Waals surface area contributed by atoms with Crippen molar-refractivity contribution in [2.45, 2.75) is 25.7 Å². The van der Waals surface area contributed by atoms with Gasteiger partial charge in [-0.05, 0) is 24.6 Å². The summed E-state index contributed by atoms with van der Waals surface area (Å²) < 4.78 is 15.9. The van der Waals surface area contributed by atoms with Gasteiger partial charge in [-0.1, -0.05) is 12.1 Å². The fourth-order valence-corrected chi connectivity index (χ4v) is 2.36. The van der Waals surface area contributed by atoms with Gasteiger partial charge in [0.05, 0.1) is 26.9 Å². The van der Waals surface area contributed by atoms with E-state index in [-0.39, 0.29) is 25.7 Å². The molecule has 2 atom stereocenters. The number of nitrogens with zero attached hydrogens (tertiary/aromatic N) is 1. The van der Waals surface area contributed by atoms with E-state index in [4.69, 9.17) is 14.2 Å². The molecule has 0 unspecified atom stereocenters. The van der Waals surface area contributed by atoms with Gasteiger partial charge in [0.25, 0.3) is 5.91 Å². The van der Waals surface area contributed by atoms with Crippen LogP contribution in [-0.4, -0.2) is 60.9 Å². The second-order valence-corrected chi connectivity index (χ2v) is 5.27. The number of hydrogen-bond acceptors (Lipinski definition) is 5. The Hall–Kier alpha value is -2.12. The second-order valence-electron chi connectivity index (χ2n) is 5.27. The van der Waals surface area contributed by atoms with Crippen molar-refractivity contribution in [2.24, 2.45) is 0 Å². The van der Waals surface area contributed by atoms with Crippen LogP contribution in [0.2, 0.25) is 0 Å². The number of amides is 1. The van der Waals surface area contributed by atoms with E-state index in [0.29, 0.717) is 12.4 Å². The first-order valence-corrected chi connectivity index (χ1v) is 7.38. The molecule has 1 aromatic rings. The molecule has 0 aliphatic carbocycles. The monoisotopic (exact) mass is 323 g/mol. The normalized spacial score (nSPS) is 19.2. The van der Waals surface area contributed by atoms with Gasteiger partial charge in [0, 0.05) is 6.54 Å². The first kappa shape index (κ1) is 17.2. The van der Waals surface area contributed by atoms with Gasteiger partial charge in [0.2, 0.25) is 0 Å². The first-order chi connectivity index (χ1) is 11.0. The summed E-state index contributed by atoms with van der Waals surface area (Å²) >= 11 is 0. The number of carboxylic acid groups (broad SMARTS) is 1. The molecule has 7 nitrogen and oxygen atoms in total. The Bertz CT molecular complexity index is 561. The van der Waals surface area contributed by atoms with Crippen LogP contribution < -0.4 is 4.74 Å². The smallest absolute Gasteiger partial charge is 0.328 e. The van der Waals surface area contributed by atoms with E-state index < -0.39 is 18.1 Å². The zero-order valence-corrected chi connectivity index (χ0v) is 13.2. The largest absolute Gasteiger partial charge is 0.497 e. The highest BCUT2D eigenvalue weighted by atomic mass is 16.5. The van der Waals surface area contributed by atoms with Gasteiger partial charge in [-0.25, -0.2) is 4.79 Å². The molecule has 0 saturated carbocycles. The number of hydrogen-bond donors (Lipinski definition) is 1. The molecule has 1 heterocycles. The zero-order valence-electron chi connectivity index (χ0n) is 13.2. The molecular formula is C16H21NO6.